The molecule has 230 valence electrons. The van der Waals surface area contributed by atoms with Gasteiger partial charge in [0, 0.05) is 62.6 Å². The molecule has 1 amide bonds. The maximum atomic E-state index is 15.2. The maximum absolute atomic E-state index is 15.2. The van der Waals surface area contributed by atoms with E-state index in [2.05, 4.69) is 38.8 Å². The number of nitrogens with zero attached hydrogens (tertiary/aromatic N) is 3. The minimum atomic E-state index is -4.92. The fraction of sp³-hybridized carbons (Fsp3) is 0.419. The Bertz CT molecular complexity index is 1520. The van der Waals surface area contributed by atoms with Crippen LogP contribution in [0.15, 0.2) is 53.5 Å². The van der Waals surface area contributed by atoms with Gasteiger partial charge < -0.3 is 19.9 Å². The Hall–Kier alpha value is -3.74. The second kappa shape index (κ2) is 12.5. The average molecular weight is 602 g/mol. The third kappa shape index (κ3) is 6.92. The number of likely N-dealkylation sites (N-methyl/N-ethyl adjacent to an activating group) is 1. The molecule has 2 N–H and O–H groups in total. The van der Waals surface area contributed by atoms with Crippen LogP contribution >= 0.6 is 0 Å². The molecule has 3 aromatic rings. The molecule has 2 fully saturated rings. The summed E-state index contributed by atoms with van der Waals surface area (Å²) >= 11 is 0. The number of alkyl halides is 3. The highest BCUT2D eigenvalue weighted by Crippen LogP contribution is 2.36. The number of H-pyrrole nitrogens is 1. The molecule has 2 aliphatic heterocycles. The lowest BCUT2D eigenvalue weighted by Crippen LogP contribution is -2.55. The van der Waals surface area contributed by atoms with Crippen LogP contribution < -0.4 is 15.8 Å². The topological polar surface area (TPSA) is 80.9 Å². The number of aromatic amines is 1. The zero-order valence-electron chi connectivity index (χ0n) is 24.3. The van der Waals surface area contributed by atoms with Crippen molar-refractivity contribution in [2.75, 3.05) is 56.7 Å². The summed E-state index contributed by atoms with van der Waals surface area (Å²) in [7, 11) is 2.03. The fourth-order valence-electron chi connectivity index (χ4n) is 5.67. The predicted octanol–water partition coefficient (Wildman–Crippen LogP) is 4.81. The second-order valence-electron chi connectivity index (χ2n) is 11.3. The fourth-order valence-corrected chi connectivity index (χ4v) is 5.67. The van der Waals surface area contributed by atoms with Gasteiger partial charge in [-0.15, -0.1) is 0 Å². The summed E-state index contributed by atoms with van der Waals surface area (Å²) in [6.45, 7) is 8.77. The van der Waals surface area contributed by atoms with Crippen LogP contribution in [0.3, 0.4) is 0 Å². The number of amides is 1. The van der Waals surface area contributed by atoms with E-state index in [1.165, 1.54) is 6.07 Å². The van der Waals surface area contributed by atoms with E-state index in [1.54, 1.807) is 30.3 Å². The molecule has 0 spiro atoms. The van der Waals surface area contributed by atoms with Crippen LogP contribution in [0, 0.1) is 5.82 Å². The van der Waals surface area contributed by atoms with E-state index in [9.17, 15) is 22.8 Å². The van der Waals surface area contributed by atoms with E-state index >= 15 is 4.39 Å². The molecule has 0 bridgehead atoms. The Morgan fingerprint density at radius 3 is 2.42 bits per heavy atom. The first-order valence-electron chi connectivity index (χ1n) is 14.2. The Balaban J connectivity index is 1.54. The maximum Gasteiger partial charge on any atom is 0.417 e. The van der Waals surface area contributed by atoms with Crippen molar-refractivity contribution in [2.24, 2.45) is 0 Å². The number of piperazine rings is 1. The van der Waals surface area contributed by atoms with Crippen molar-refractivity contribution in [2.45, 2.75) is 38.7 Å². The number of carbonyl (C=O) groups excluding carboxylic acids is 1. The number of rotatable bonds is 6. The summed E-state index contributed by atoms with van der Waals surface area (Å²) in [5.74, 6) is -1.50. The lowest BCUT2D eigenvalue weighted by molar-refractivity contribution is -0.138. The average Bonchev–Trinajstić information content (AvgIpc) is 2.96. The molecule has 8 nitrogen and oxygen atoms in total. The molecule has 0 radical (unpaired) electrons. The Morgan fingerprint density at radius 1 is 1.05 bits per heavy atom. The molecule has 0 unspecified atom stereocenters. The van der Waals surface area contributed by atoms with E-state index in [1.807, 2.05) is 7.05 Å². The molecule has 2 atom stereocenters. The van der Waals surface area contributed by atoms with E-state index in [-0.39, 0.29) is 17.8 Å². The molecule has 0 saturated carbocycles. The molecule has 0 aliphatic carbocycles. The van der Waals surface area contributed by atoms with Crippen LogP contribution in [-0.2, 0) is 17.5 Å². The first-order chi connectivity index (χ1) is 20.4. The molecule has 12 heteroatoms. The van der Waals surface area contributed by atoms with Gasteiger partial charge >= 0.3 is 6.18 Å². The molecule has 2 aromatic carbocycles. The van der Waals surface area contributed by atoms with Gasteiger partial charge in [0.1, 0.15) is 5.82 Å². The highest BCUT2D eigenvalue weighted by molar-refractivity contribution is 6.07. The quantitative estimate of drug-likeness (QED) is 0.395. The van der Waals surface area contributed by atoms with Crippen molar-refractivity contribution < 1.29 is 27.1 Å². The number of aromatic nitrogens is 1. The zero-order chi connectivity index (χ0) is 30.9. The number of carbonyl (C=O) groups is 1. The Labute approximate surface area is 247 Å². The van der Waals surface area contributed by atoms with Gasteiger partial charge in [-0.05, 0) is 56.3 Å². The van der Waals surface area contributed by atoms with Crippen molar-refractivity contribution in [1.29, 1.82) is 0 Å². The molecule has 43 heavy (non-hydrogen) atoms. The standard InChI is InChI=1S/C31H35F4N5O3/c1-19-16-40(17-20(2)38(19)3)28-7-5-22(23-12-21(4-6-26(23)32)18-39-8-10-43-11-9-39)13-27(28)37-30(42)24-15-36-29(41)14-25(24)31(33,34)35/h4-7,12-15,19-20H,8-11,16-18H2,1-3H3,(H,36,41)(H,37,42)/t19-,20-/m1/s1. The number of hydrogen-bond donors (Lipinski definition) is 2. The van der Waals surface area contributed by atoms with Gasteiger partial charge in [0.05, 0.1) is 35.7 Å². The van der Waals surface area contributed by atoms with Crippen LogP contribution in [0.2, 0.25) is 0 Å². The highest BCUT2D eigenvalue weighted by Gasteiger charge is 2.36. The van der Waals surface area contributed by atoms with E-state index in [0.717, 1.165) is 24.8 Å². The summed E-state index contributed by atoms with van der Waals surface area (Å²) in [6, 6.07) is 10.7. The van der Waals surface area contributed by atoms with Gasteiger partial charge in [0.25, 0.3) is 5.91 Å². The number of halogens is 4. The van der Waals surface area contributed by atoms with Crippen LogP contribution in [0.25, 0.3) is 11.1 Å². The number of ether oxygens (including phenoxy) is 1. The number of pyridine rings is 1. The van der Waals surface area contributed by atoms with Crippen LogP contribution in [0.1, 0.15) is 35.3 Å². The predicted molar refractivity (Wildman–Crippen MR) is 157 cm³/mol. The van der Waals surface area contributed by atoms with Crippen molar-refractivity contribution in [3.8, 4) is 11.1 Å². The van der Waals surface area contributed by atoms with E-state index in [4.69, 9.17) is 4.74 Å². The Kier molecular flexibility index (Phi) is 8.91. The first kappa shape index (κ1) is 30.7. The third-order valence-electron chi connectivity index (χ3n) is 8.27. The lowest BCUT2D eigenvalue weighted by Gasteiger charge is -2.44. The van der Waals surface area contributed by atoms with Crippen LogP contribution in [0.4, 0.5) is 28.9 Å². The van der Waals surface area contributed by atoms with Gasteiger partial charge in [-0.3, -0.25) is 19.4 Å². The third-order valence-corrected chi connectivity index (χ3v) is 8.27. The highest BCUT2D eigenvalue weighted by atomic mass is 19.4. The van der Waals surface area contributed by atoms with Gasteiger partial charge in [-0.25, -0.2) is 4.39 Å². The number of anilines is 2. The molecule has 1 aromatic heterocycles. The number of hydrogen-bond acceptors (Lipinski definition) is 6. The molecule has 2 saturated heterocycles. The number of nitrogens with one attached hydrogen (secondary N) is 2. The largest absolute Gasteiger partial charge is 0.417 e. The van der Waals surface area contributed by atoms with E-state index < -0.39 is 34.6 Å². The lowest BCUT2D eigenvalue weighted by atomic mass is 9.99. The number of benzene rings is 2. The Morgan fingerprint density at radius 2 is 1.74 bits per heavy atom. The smallest absolute Gasteiger partial charge is 0.379 e. The molecular formula is C31H35F4N5O3. The summed E-state index contributed by atoms with van der Waals surface area (Å²) in [4.78, 5) is 33.7. The van der Waals surface area contributed by atoms with Crippen molar-refractivity contribution >= 4 is 17.3 Å². The van der Waals surface area contributed by atoms with Crippen LogP contribution in [-0.4, -0.2) is 79.2 Å². The summed E-state index contributed by atoms with van der Waals surface area (Å²) in [6.07, 6.45) is -4.16. The second-order valence-corrected chi connectivity index (χ2v) is 11.3. The first-order valence-corrected chi connectivity index (χ1v) is 14.2. The van der Waals surface area contributed by atoms with Crippen molar-refractivity contribution in [1.82, 2.24) is 14.8 Å². The van der Waals surface area contributed by atoms with Crippen molar-refractivity contribution in [3.05, 3.63) is 81.5 Å². The normalized spacial score (nSPS) is 20.3. The van der Waals surface area contributed by atoms with Gasteiger partial charge in [0.15, 0.2) is 0 Å². The molecule has 3 heterocycles. The monoisotopic (exact) mass is 601 g/mol. The van der Waals surface area contributed by atoms with E-state index in [0.29, 0.717) is 55.7 Å². The zero-order valence-corrected chi connectivity index (χ0v) is 24.3. The van der Waals surface area contributed by atoms with Gasteiger partial charge in [-0.2, -0.15) is 13.2 Å². The summed E-state index contributed by atoms with van der Waals surface area (Å²) in [5.41, 5.74) is -0.508. The van der Waals surface area contributed by atoms with Gasteiger partial charge in [-0.1, -0.05) is 12.1 Å². The minimum Gasteiger partial charge on any atom is -0.379 e. The molecule has 2 aliphatic rings. The molecular weight excluding hydrogens is 566 g/mol. The molecule has 5 rings (SSSR count). The summed E-state index contributed by atoms with van der Waals surface area (Å²) < 4.78 is 61.9. The summed E-state index contributed by atoms with van der Waals surface area (Å²) in [5, 5.41) is 2.65. The van der Waals surface area contributed by atoms with Crippen LogP contribution in [0.5, 0.6) is 0 Å². The SMILES string of the molecule is C[C@@H]1CN(c2ccc(-c3cc(CN4CCOCC4)ccc3F)cc2NC(=O)c2c[nH]c(=O)cc2C(F)(F)F)C[C@@H](C)N1C. The van der Waals surface area contributed by atoms with Gasteiger partial charge in [0.2, 0.25) is 5.56 Å². The van der Waals surface area contributed by atoms with Crippen molar-refractivity contribution in [3.63, 3.8) is 0 Å². The minimum absolute atomic E-state index is 0.164. The number of morpholine rings is 1.